The molecule has 1 heterocycles. The number of hydrogen-bond acceptors (Lipinski definition) is 3. The highest BCUT2D eigenvalue weighted by Gasteiger charge is 3.06. The van der Waals surface area contributed by atoms with E-state index in [1.54, 1.807) is 0 Å². The van der Waals surface area contributed by atoms with Crippen molar-refractivity contribution in [2.75, 3.05) is 0 Å². The lowest BCUT2D eigenvalue weighted by molar-refractivity contribution is -0.0397. The maximum absolute atomic E-state index is 9.07. The molecule has 28 heavy (non-hydrogen) atoms. The van der Waals surface area contributed by atoms with Gasteiger partial charge in [-0.1, -0.05) is 57.0 Å². The van der Waals surface area contributed by atoms with Crippen molar-refractivity contribution in [3.05, 3.63) is 72.8 Å². The van der Waals surface area contributed by atoms with Crippen molar-refractivity contribution in [3.63, 3.8) is 0 Å². The predicted octanol–water partition coefficient (Wildman–Crippen LogP) is 4.45. The van der Waals surface area contributed by atoms with E-state index in [0.29, 0.717) is 34.0 Å². The Morgan fingerprint density at radius 2 is 2.07 bits per heavy atom. The third-order valence-electron chi connectivity index (χ3n) is 9.85. The summed E-state index contributed by atoms with van der Waals surface area (Å²) in [5.74, 6) is 3.32. The van der Waals surface area contributed by atoms with Gasteiger partial charge in [0.25, 0.3) is 0 Å². The van der Waals surface area contributed by atoms with E-state index in [1.165, 1.54) is 12.1 Å². The number of rotatable bonds is 3. The minimum atomic E-state index is -0.0246. The van der Waals surface area contributed by atoms with Crippen LogP contribution in [0.1, 0.15) is 19.8 Å². The van der Waals surface area contributed by atoms with Crippen molar-refractivity contribution in [2.24, 2.45) is 51.8 Å². The van der Waals surface area contributed by atoms with Crippen LogP contribution in [0.3, 0.4) is 0 Å². The standard InChI is InChI=1S/C25H25N3/c1-13(17-7-5-16(11-26)6-8-17)27-28-14(2)19-18-9-10-24(18)21(20(19)15(28)3)22-23(4)12-25(22,23)24/h5,7-10,16,18-22,27H,1-3,6,12H2,4H3. The van der Waals surface area contributed by atoms with Crippen LogP contribution >= 0.6 is 0 Å². The molecule has 9 unspecified atom stereocenters. The number of hydrazine groups is 1. The minimum absolute atomic E-state index is 0.0246. The van der Waals surface area contributed by atoms with Gasteiger partial charge in [-0.3, -0.25) is 10.4 Å². The first kappa shape index (κ1) is 15.5. The summed E-state index contributed by atoms with van der Waals surface area (Å²) in [6.45, 7) is 15.8. The maximum atomic E-state index is 9.07. The third-order valence-corrected chi connectivity index (χ3v) is 9.85. The van der Waals surface area contributed by atoms with Crippen molar-refractivity contribution in [3.8, 4) is 6.07 Å². The van der Waals surface area contributed by atoms with Gasteiger partial charge in [-0.25, -0.2) is 0 Å². The molecule has 5 fully saturated rings. The fraction of sp³-hybridized carbons (Fsp3) is 0.480. The first-order valence-corrected chi connectivity index (χ1v) is 10.5. The molecule has 3 heteroatoms. The Kier molecular flexibility index (Phi) is 2.26. The summed E-state index contributed by atoms with van der Waals surface area (Å²) in [4.78, 5) is 0. The smallest absolute Gasteiger partial charge is 0.0700 e. The van der Waals surface area contributed by atoms with Gasteiger partial charge < -0.3 is 0 Å². The Labute approximate surface area is 166 Å². The SMILES string of the molecule is C=C(NN1C(=C)C2C(C1=C)C1C3C4(C)CC34C13C=CC23)C1=CCC(C#N)C=C1. The zero-order valence-corrected chi connectivity index (χ0v) is 16.3. The molecule has 0 aromatic rings. The molecule has 4 saturated carbocycles. The summed E-state index contributed by atoms with van der Waals surface area (Å²) < 4.78 is 0. The maximum Gasteiger partial charge on any atom is 0.0700 e. The van der Waals surface area contributed by atoms with E-state index in [2.05, 4.69) is 61.4 Å². The van der Waals surface area contributed by atoms with Crippen LogP contribution in [0.15, 0.2) is 72.8 Å². The first-order chi connectivity index (χ1) is 13.4. The van der Waals surface area contributed by atoms with Gasteiger partial charge in [0.2, 0.25) is 0 Å². The van der Waals surface area contributed by atoms with E-state index >= 15 is 0 Å². The van der Waals surface area contributed by atoms with Crippen LogP contribution < -0.4 is 5.43 Å². The Bertz CT molecular complexity index is 1050. The Balaban J connectivity index is 1.15. The van der Waals surface area contributed by atoms with Gasteiger partial charge in [0.1, 0.15) is 0 Å². The number of nitrogens with one attached hydrogen (secondary N) is 1. The second kappa shape index (κ2) is 4.10. The van der Waals surface area contributed by atoms with E-state index in [0.717, 1.165) is 35.2 Å². The molecule has 0 aromatic heterocycles. The van der Waals surface area contributed by atoms with Crippen LogP contribution in [0.4, 0.5) is 0 Å². The van der Waals surface area contributed by atoms with Gasteiger partial charge in [0.05, 0.1) is 17.7 Å². The van der Waals surface area contributed by atoms with Gasteiger partial charge in [0.15, 0.2) is 0 Å². The molecule has 0 aromatic carbocycles. The highest BCUT2D eigenvalue weighted by molar-refractivity contribution is 5.61. The van der Waals surface area contributed by atoms with Crippen LogP contribution in [-0.2, 0) is 0 Å². The molecule has 0 bridgehead atoms. The molecular weight excluding hydrogens is 342 g/mol. The number of hydrogen-bond donors (Lipinski definition) is 1. The van der Waals surface area contributed by atoms with E-state index < -0.39 is 0 Å². The van der Waals surface area contributed by atoms with Gasteiger partial charge in [-0.2, -0.15) is 5.26 Å². The summed E-state index contributed by atoms with van der Waals surface area (Å²) in [5.41, 5.74) is 9.51. The van der Waals surface area contributed by atoms with Crippen molar-refractivity contribution >= 4 is 0 Å². The predicted molar refractivity (Wildman–Crippen MR) is 108 cm³/mol. The highest BCUT2D eigenvalue weighted by Crippen LogP contribution is 3.10. The average molecular weight is 367 g/mol. The molecule has 9 atom stereocenters. The second-order valence-corrected chi connectivity index (χ2v) is 10.3. The van der Waals surface area contributed by atoms with E-state index in [4.69, 9.17) is 5.26 Å². The lowest BCUT2D eigenvalue weighted by atomic mass is 9.46. The van der Waals surface area contributed by atoms with Gasteiger partial charge in [0, 0.05) is 28.6 Å². The monoisotopic (exact) mass is 367 g/mol. The van der Waals surface area contributed by atoms with E-state index in [-0.39, 0.29) is 5.92 Å². The largest absolute Gasteiger partial charge is 0.294 e. The van der Waals surface area contributed by atoms with E-state index in [1.807, 2.05) is 12.2 Å². The van der Waals surface area contributed by atoms with E-state index in [9.17, 15) is 0 Å². The lowest BCUT2D eigenvalue weighted by Crippen LogP contribution is -2.54. The molecule has 1 saturated heterocycles. The van der Waals surface area contributed by atoms with Crippen LogP contribution in [0.2, 0.25) is 0 Å². The fourth-order valence-electron chi connectivity index (χ4n) is 8.68. The number of nitriles is 1. The molecule has 1 aliphatic heterocycles. The lowest BCUT2D eigenvalue weighted by Gasteiger charge is -2.58. The van der Waals surface area contributed by atoms with Gasteiger partial charge in [-0.05, 0) is 47.0 Å². The first-order valence-electron chi connectivity index (χ1n) is 10.5. The minimum Gasteiger partial charge on any atom is -0.294 e. The number of fused-ring (bicyclic) bond motifs is 5. The number of nitrogens with zero attached hydrogens (tertiary/aromatic N) is 2. The Morgan fingerprint density at radius 1 is 1.29 bits per heavy atom. The molecule has 2 spiro atoms. The molecule has 140 valence electrons. The van der Waals surface area contributed by atoms with Crippen molar-refractivity contribution in [2.45, 2.75) is 19.8 Å². The normalized spacial score (nSPS) is 54.9. The highest BCUT2D eigenvalue weighted by atomic mass is 15.5. The molecule has 0 amide bonds. The molecule has 1 N–H and O–H groups in total. The Hall–Kier alpha value is -2.47. The molecular formula is C25H25N3. The zero-order valence-electron chi connectivity index (χ0n) is 16.3. The van der Waals surface area contributed by atoms with Crippen LogP contribution in [-0.4, -0.2) is 5.01 Å². The van der Waals surface area contributed by atoms with Gasteiger partial charge >= 0.3 is 0 Å². The van der Waals surface area contributed by atoms with Gasteiger partial charge in [-0.15, -0.1) is 0 Å². The topological polar surface area (TPSA) is 39.1 Å². The summed E-state index contributed by atoms with van der Waals surface area (Å²) in [6, 6.07) is 2.30. The summed E-state index contributed by atoms with van der Waals surface area (Å²) in [7, 11) is 0. The molecule has 3 nitrogen and oxygen atoms in total. The zero-order chi connectivity index (χ0) is 19.2. The van der Waals surface area contributed by atoms with Crippen LogP contribution in [0, 0.1) is 63.1 Å². The third kappa shape index (κ3) is 1.21. The van der Waals surface area contributed by atoms with Crippen molar-refractivity contribution in [1.82, 2.24) is 10.4 Å². The molecule has 7 rings (SSSR count). The molecule has 7 aliphatic rings. The molecule has 0 radical (unpaired) electrons. The summed E-state index contributed by atoms with van der Waals surface area (Å²) >= 11 is 0. The summed E-state index contributed by atoms with van der Waals surface area (Å²) in [6.07, 6.45) is 13.3. The summed E-state index contributed by atoms with van der Waals surface area (Å²) in [5, 5.41) is 11.2. The number of allylic oxidation sites excluding steroid dienone is 7. The Morgan fingerprint density at radius 3 is 2.68 bits per heavy atom. The fourth-order valence-corrected chi connectivity index (χ4v) is 8.68. The molecule has 6 aliphatic carbocycles. The van der Waals surface area contributed by atoms with Crippen molar-refractivity contribution in [1.29, 1.82) is 5.26 Å². The van der Waals surface area contributed by atoms with Crippen LogP contribution in [0.5, 0.6) is 0 Å². The second-order valence-electron chi connectivity index (χ2n) is 10.3. The quantitative estimate of drug-likeness (QED) is 0.749. The van der Waals surface area contributed by atoms with Crippen LogP contribution in [0.25, 0.3) is 0 Å². The average Bonchev–Trinajstić information content (AvgIpc) is 3.37. The van der Waals surface area contributed by atoms with Crippen molar-refractivity contribution < 1.29 is 0 Å².